The molecule has 0 aliphatic heterocycles. The molecule has 0 saturated carbocycles. The van der Waals surface area contributed by atoms with Crippen LogP contribution in [0.1, 0.15) is 67.5 Å². The van der Waals surface area contributed by atoms with Gasteiger partial charge in [0, 0.05) is 0 Å². The number of benzene rings is 2. The van der Waals surface area contributed by atoms with Crippen molar-refractivity contribution in [1.82, 2.24) is 0 Å². The molecule has 0 heterocycles. The molecule has 3 heteroatoms. The minimum absolute atomic E-state index is 0.0382. The predicted octanol–water partition coefficient (Wildman–Crippen LogP) is 4.83. The molecule has 2 rings (SSSR count). The molecule has 1 unspecified atom stereocenters. The van der Waals surface area contributed by atoms with E-state index in [2.05, 4.69) is 25.1 Å². The summed E-state index contributed by atoms with van der Waals surface area (Å²) in [5.41, 5.74) is 6.44. The molecule has 1 atom stereocenters. The third-order valence-electron chi connectivity index (χ3n) is 5.48. The van der Waals surface area contributed by atoms with Gasteiger partial charge in [0.05, 0.1) is 19.3 Å². The highest BCUT2D eigenvalue weighted by Crippen LogP contribution is 2.23. The number of aliphatic hydroxyl groups is 3. The highest BCUT2D eigenvalue weighted by molar-refractivity contribution is 5.55. The molecule has 3 nitrogen and oxygen atoms in total. The molecule has 0 aromatic heterocycles. The van der Waals surface area contributed by atoms with Crippen molar-refractivity contribution in [3.05, 3.63) is 75.9 Å². The van der Waals surface area contributed by atoms with E-state index in [0.717, 1.165) is 36.8 Å². The van der Waals surface area contributed by atoms with Gasteiger partial charge in [-0.1, -0.05) is 76.2 Å². The Morgan fingerprint density at radius 3 is 2.00 bits per heavy atom. The van der Waals surface area contributed by atoms with Crippen LogP contribution < -0.4 is 0 Å². The average molecular weight is 397 g/mol. The molecule has 29 heavy (non-hydrogen) atoms. The molecule has 0 aliphatic rings. The molecule has 0 amide bonds. The predicted molar refractivity (Wildman–Crippen MR) is 121 cm³/mol. The van der Waals surface area contributed by atoms with Crippen LogP contribution in [0.3, 0.4) is 0 Å². The van der Waals surface area contributed by atoms with Crippen LogP contribution in [0.25, 0.3) is 6.08 Å². The minimum atomic E-state index is -0.465. The van der Waals surface area contributed by atoms with Gasteiger partial charge in [0.25, 0.3) is 0 Å². The van der Waals surface area contributed by atoms with E-state index in [-0.39, 0.29) is 18.6 Å². The second-order valence-corrected chi connectivity index (χ2v) is 8.83. The van der Waals surface area contributed by atoms with Crippen molar-refractivity contribution < 1.29 is 15.3 Å². The Kier molecular flexibility index (Phi) is 8.63. The summed E-state index contributed by atoms with van der Waals surface area (Å²) in [5.74, 6) is 0. The van der Waals surface area contributed by atoms with Gasteiger partial charge in [-0.05, 0) is 64.5 Å². The van der Waals surface area contributed by atoms with E-state index in [0.29, 0.717) is 0 Å². The van der Waals surface area contributed by atoms with Gasteiger partial charge in [0.2, 0.25) is 0 Å². The van der Waals surface area contributed by atoms with Crippen LogP contribution in [0.2, 0.25) is 0 Å². The molecular weight excluding hydrogens is 360 g/mol. The first-order chi connectivity index (χ1) is 13.8. The summed E-state index contributed by atoms with van der Waals surface area (Å²) >= 11 is 0. The quantitative estimate of drug-likeness (QED) is 0.569. The Bertz CT molecular complexity index is 815. The zero-order valence-corrected chi connectivity index (χ0v) is 18.3. The lowest BCUT2D eigenvalue weighted by molar-refractivity contribution is 0.106. The Hall–Kier alpha value is -1.94. The normalized spacial score (nSPS) is 13.2. The summed E-state index contributed by atoms with van der Waals surface area (Å²) in [6.07, 6.45) is 7.40. The Morgan fingerprint density at radius 1 is 0.862 bits per heavy atom. The van der Waals surface area contributed by atoms with Crippen molar-refractivity contribution in [3.63, 3.8) is 0 Å². The van der Waals surface area contributed by atoms with Crippen LogP contribution in [-0.4, -0.2) is 21.4 Å². The molecule has 0 saturated heterocycles. The second-order valence-electron chi connectivity index (χ2n) is 8.83. The fourth-order valence-corrected chi connectivity index (χ4v) is 3.40. The van der Waals surface area contributed by atoms with E-state index in [9.17, 15) is 15.3 Å². The van der Waals surface area contributed by atoms with Crippen molar-refractivity contribution in [1.29, 1.82) is 0 Å². The molecule has 0 spiro atoms. The summed E-state index contributed by atoms with van der Waals surface area (Å²) in [6, 6.07) is 12.5. The van der Waals surface area contributed by atoms with E-state index in [1.165, 1.54) is 22.3 Å². The number of aryl methyl sites for hydroxylation is 3. The fraction of sp³-hybridized carbons (Fsp3) is 0.462. The van der Waals surface area contributed by atoms with Crippen molar-refractivity contribution in [2.45, 2.75) is 72.7 Å². The van der Waals surface area contributed by atoms with E-state index in [1.807, 2.05) is 51.1 Å². The van der Waals surface area contributed by atoms with Gasteiger partial charge in [-0.3, -0.25) is 0 Å². The largest absolute Gasteiger partial charge is 0.392 e. The van der Waals surface area contributed by atoms with Crippen molar-refractivity contribution >= 4 is 6.08 Å². The van der Waals surface area contributed by atoms with Crippen molar-refractivity contribution in [3.8, 4) is 0 Å². The number of hydrogen-bond donors (Lipinski definition) is 3. The minimum Gasteiger partial charge on any atom is -0.392 e. The van der Waals surface area contributed by atoms with Crippen LogP contribution in [0.4, 0.5) is 0 Å². The van der Waals surface area contributed by atoms with Crippen LogP contribution in [0.15, 0.2) is 42.5 Å². The molecule has 0 aliphatic carbocycles. The summed E-state index contributed by atoms with van der Waals surface area (Å²) in [4.78, 5) is 0. The van der Waals surface area contributed by atoms with Crippen molar-refractivity contribution in [2.24, 2.45) is 5.41 Å². The first-order valence-corrected chi connectivity index (χ1v) is 10.6. The molecular formula is C26H36O3. The molecule has 158 valence electrons. The van der Waals surface area contributed by atoms with Gasteiger partial charge in [0.1, 0.15) is 0 Å². The SMILES string of the molecule is CCc1cc(CCCc2ccc(CO)c(CO)c2)ccc1C=CC(O)C(C)(C)C. The average Bonchev–Trinajstić information content (AvgIpc) is 2.71. The molecule has 0 fully saturated rings. The van der Waals surface area contributed by atoms with E-state index >= 15 is 0 Å². The maximum absolute atomic E-state index is 10.2. The Morgan fingerprint density at radius 2 is 1.45 bits per heavy atom. The molecule has 0 radical (unpaired) electrons. The maximum atomic E-state index is 10.2. The summed E-state index contributed by atoms with van der Waals surface area (Å²) in [7, 11) is 0. The van der Waals surface area contributed by atoms with Crippen molar-refractivity contribution in [2.75, 3.05) is 0 Å². The van der Waals surface area contributed by atoms with Gasteiger partial charge in [-0.15, -0.1) is 0 Å². The highest BCUT2D eigenvalue weighted by atomic mass is 16.3. The first-order valence-electron chi connectivity index (χ1n) is 10.6. The standard InChI is InChI=1S/C26H36O3/c1-5-21-15-19(9-11-22(21)13-14-25(29)26(2,3)4)7-6-8-20-10-12-23(17-27)24(16-20)18-28/h9-16,25,27-29H,5-8,17-18H2,1-4H3. The number of rotatable bonds is 9. The molecule has 3 N–H and O–H groups in total. The third-order valence-corrected chi connectivity index (χ3v) is 5.48. The molecule has 2 aromatic carbocycles. The monoisotopic (exact) mass is 396 g/mol. The van der Waals surface area contributed by atoms with E-state index in [4.69, 9.17) is 0 Å². The van der Waals surface area contributed by atoms with Crippen LogP contribution in [0.5, 0.6) is 0 Å². The van der Waals surface area contributed by atoms with Gasteiger partial charge in [0.15, 0.2) is 0 Å². The second kappa shape index (κ2) is 10.7. The Balaban J connectivity index is 2.01. The summed E-state index contributed by atoms with van der Waals surface area (Å²) in [6.45, 7) is 8.19. The van der Waals surface area contributed by atoms with Gasteiger partial charge in [-0.2, -0.15) is 0 Å². The lowest BCUT2D eigenvalue weighted by Gasteiger charge is -2.22. The van der Waals surface area contributed by atoms with Crippen LogP contribution >= 0.6 is 0 Å². The zero-order chi connectivity index (χ0) is 21.4. The van der Waals surface area contributed by atoms with E-state index < -0.39 is 6.10 Å². The van der Waals surface area contributed by atoms with Crippen LogP contribution in [-0.2, 0) is 32.5 Å². The van der Waals surface area contributed by atoms with Gasteiger partial charge >= 0.3 is 0 Å². The summed E-state index contributed by atoms with van der Waals surface area (Å²) in [5, 5.41) is 29.0. The number of aliphatic hydroxyl groups excluding tert-OH is 3. The topological polar surface area (TPSA) is 60.7 Å². The van der Waals surface area contributed by atoms with Crippen LogP contribution in [0, 0.1) is 5.41 Å². The van der Waals surface area contributed by atoms with Gasteiger partial charge < -0.3 is 15.3 Å². The molecule has 2 aromatic rings. The lowest BCUT2D eigenvalue weighted by Crippen LogP contribution is -2.23. The zero-order valence-electron chi connectivity index (χ0n) is 18.3. The first kappa shape index (κ1) is 23.3. The third kappa shape index (κ3) is 6.81. The fourth-order valence-electron chi connectivity index (χ4n) is 3.40. The molecule has 0 bridgehead atoms. The lowest BCUT2D eigenvalue weighted by atomic mass is 9.88. The van der Waals surface area contributed by atoms with E-state index in [1.54, 1.807) is 0 Å². The van der Waals surface area contributed by atoms with Gasteiger partial charge in [-0.25, -0.2) is 0 Å². The smallest absolute Gasteiger partial charge is 0.0772 e. The highest BCUT2D eigenvalue weighted by Gasteiger charge is 2.19. The Labute approximate surface area is 175 Å². The summed E-state index contributed by atoms with van der Waals surface area (Å²) < 4.78 is 0. The maximum Gasteiger partial charge on any atom is 0.0772 e. The number of hydrogen-bond acceptors (Lipinski definition) is 3.